The predicted octanol–water partition coefficient (Wildman–Crippen LogP) is 2.13. The summed E-state index contributed by atoms with van der Waals surface area (Å²) in [7, 11) is 0. The van der Waals surface area contributed by atoms with Crippen molar-refractivity contribution in [3.05, 3.63) is 35.4 Å². The maximum Gasteiger partial charge on any atom is 0.0234 e. The molecule has 0 bridgehead atoms. The molecule has 1 saturated heterocycles. The summed E-state index contributed by atoms with van der Waals surface area (Å²) >= 11 is 0. The molecule has 16 heavy (non-hydrogen) atoms. The van der Waals surface area contributed by atoms with E-state index in [1.807, 2.05) is 0 Å². The van der Waals surface area contributed by atoms with Gasteiger partial charge in [-0.3, -0.25) is 4.90 Å². The molecule has 2 fully saturated rings. The van der Waals surface area contributed by atoms with Crippen LogP contribution in [0.3, 0.4) is 0 Å². The molecule has 0 aromatic heterocycles. The van der Waals surface area contributed by atoms with Crippen molar-refractivity contribution in [3.63, 3.8) is 0 Å². The summed E-state index contributed by atoms with van der Waals surface area (Å²) in [6, 6.07) is 8.68. The highest BCUT2D eigenvalue weighted by atomic mass is 15.2. The molecule has 1 saturated carbocycles. The summed E-state index contributed by atoms with van der Waals surface area (Å²) in [6.07, 6.45) is 4.38. The van der Waals surface area contributed by atoms with E-state index in [1.54, 1.807) is 0 Å². The highest BCUT2D eigenvalue weighted by Crippen LogP contribution is 2.48. The summed E-state index contributed by atoms with van der Waals surface area (Å²) in [6.45, 7) is 4.40. The summed E-state index contributed by atoms with van der Waals surface area (Å²) in [5.41, 5.74) is 9.06. The van der Waals surface area contributed by atoms with Crippen LogP contribution in [-0.4, -0.2) is 18.0 Å². The molecule has 2 aliphatic rings. The van der Waals surface area contributed by atoms with Gasteiger partial charge < -0.3 is 5.73 Å². The Morgan fingerprint density at radius 1 is 1.19 bits per heavy atom. The largest absolute Gasteiger partial charge is 0.326 e. The predicted molar refractivity (Wildman–Crippen MR) is 65.9 cm³/mol. The zero-order chi connectivity index (χ0) is 11.0. The third kappa shape index (κ3) is 1.76. The minimum Gasteiger partial charge on any atom is -0.326 e. The fourth-order valence-corrected chi connectivity index (χ4v) is 3.12. The number of nitrogens with two attached hydrogens (primary N) is 1. The number of rotatable bonds is 3. The van der Waals surface area contributed by atoms with E-state index in [1.165, 1.54) is 43.5 Å². The summed E-state index contributed by atoms with van der Waals surface area (Å²) in [4.78, 5) is 2.56. The van der Waals surface area contributed by atoms with Crippen molar-refractivity contribution in [3.8, 4) is 0 Å². The Morgan fingerprint density at radius 3 is 2.56 bits per heavy atom. The van der Waals surface area contributed by atoms with Crippen LogP contribution in [0.25, 0.3) is 0 Å². The van der Waals surface area contributed by atoms with Crippen LogP contribution in [0, 0.1) is 5.41 Å². The minimum absolute atomic E-state index is 0.651. The Labute approximate surface area is 97.4 Å². The molecule has 86 valence electrons. The molecule has 2 heteroatoms. The minimum atomic E-state index is 0.651. The summed E-state index contributed by atoms with van der Waals surface area (Å²) < 4.78 is 0. The summed E-state index contributed by atoms with van der Waals surface area (Å²) in [5, 5.41) is 0. The first kappa shape index (κ1) is 10.3. The molecule has 0 atom stereocenters. The number of hydrogen-bond acceptors (Lipinski definition) is 2. The van der Waals surface area contributed by atoms with E-state index in [0.717, 1.165) is 12.0 Å². The molecule has 3 rings (SSSR count). The van der Waals surface area contributed by atoms with Gasteiger partial charge in [0, 0.05) is 26.2 Å². The van der Waals surface area contributed by atoms with Crippen molar-refractivity contribution in [1.29, 1.82) is 0 Å². The van der Waals surface area contributed by atoms with Crippen molar-refractivity contribution in [2.75, 3.05) is 13.1 Å². The lowest BCUT2D eigenvalue weighted by Crippen LogP contribution is -2.58. The smallest absolute Gasteiger partial charge is 0.0234 e. The van der Waals surface area contributed by atoms with E-state index in [4.69, 9.17) is 5.73 Å². The molecule has 1 aliphatic carbocycles. The van der Waals surface area contributed by atoms with Crippen LogP contribution in [0.2, 0.25) is 0 Å². The van der Waals surface area contributed by atoms with Crippen LogP contribution >= 0.6 is 0 Å². The number of hydrogen-bond donors (Lipinski definition) is 1. The highest BCUT2D eigenvalue weighted by Gasteiger charge is 2.46. The molecular weight excluding hydrogens is 196 g/mol. The van der Waals surface area contributed by atoms with Crippen LogP contribution < -0.4 is 5.73 Å². The van der Waals surface area contributed by atoms with E-state index in [-0.39, 0.29) is 0 Å². The van der Waals surface area contributed by atoms with E-state index >= 15 is 0 Å². The Bertz CT molecular complexity index is 374. The van der Waals surface area contributed by atoms with Crippen molar-refractivity contribution in [1.82, 2.24) is 4.90 Å². The van der Waals surface area contributed by atoms with Gasteiger partial charge in [-0.1, -0.05) is 30.7 Å². The lowest BCUT2D eigenvalue weighted by molar-refractivity contribution is -0.0645. The van der Waals surface area contributed by atoms with Gasteiger partial charge in [-0.15, -0.1) is 0 Å². The topological polar surface area (TPSA) is 29.3 Å². The quantitative estimate of drug-likeness (QED) is 0.838. The molecule has 0 unspecified atom stereocenters. The standard InChI is InChI=1S/C14H20N2/c15-8-12-3-1-4-13(7-12)9-16-10-14(11-16)5-2-6-14/h1,3-4,7H,2,5-6,8-11,15H2. The molecule has 1 aromatic rings. The van der Waals surface area contributed by atoms with Crippen LogP contribution in [0.4, 0.5) is 0 Å². The molecule has 2 nitrogen and oxygen atoms in total. The third-order valence-electron chi connectivity index (χ3n) is 4.17. The average molecular weight is 216 g/mol. The van der Waals surface area contributed by atoms with Crippen LogP contribution in [0.5, 0.6) is 0 Å². The molecule has 2 N–H and O–H groups in total. The second-order valence-corrected chi connectivity index (χ2v) is 5.52. The first-order valence-corrected chi connectivity index (χ1v) is 6.30. The molecule has 0 amide bonds. The average Bonchev–Trinajstić information content (AvgIpc) is 2.20. The van der Waals surface area contributed by atoms with Crippen molar-refractivity contribution >= 4 is 0 Å². The van der Waals surface area contributed by atoms with Gasteiger partial charge in [0.1, 0.15) is 0 Å². The Kier molecular flexibility index (Phi) is 2.49. The van der Waals surface area contributed by atoms with Gasteiger partial charge in [-0.2, -0.15) is 0 Å². The molecule has 1 spiro atoms. The highest BCUT2D eigenvalue weighted by molar-refractivity contribution is 5.23. The van der Waals surface area contributed by atoms with Crippen molar-refractivity contribution in [2.24, 2.45) is 11.1 Å². The number of benzene rings is 1. The van der Waals surface area contributed by atoms with Gasteiger partial charge in [0.05, 0.1) is 0 Å². The lowest BCUT2D eigenvalue weighted by Gasteiger charge is -2.56. The van der Waals surface area contributed by atoms with Crippen molar-refractivity contribution < 1.29 is 0 Å². The Hall–Kier alpha value is -0.860. The zero-order valence-electron chi connectivity index (χ0n) is 9.78. The fraction of sp³-hybridized carbons (Fsp3) is 0.571. The molecule has 1 aliphatic heterocycles. The first-order valence-electron chi connectivity index (χ1n) is 6.30. The first-order chi connectivity index (χ1) is 7.80. The molecule has 1 heterocycles. The van der Waals surface area contributed by atoms with Crippen LogP contribution in [0.15, 0.2) is 24.3 Å². The molecule has 0 radical (unpaired) electrons. The Morgan fingerprint density at radius 2 is 1.94 bits per heavy atom. The van der Waals surface area contributed by atoms with Crippen LogP contribution in [0.1, 0.15) is 30.4 Å². The molecule has 1 aromatic carbocycles. The van der Waals surface area contributed by atoms with Gasteiger partial charge in [0.2, 0.25) is 0 Å². The molecular formula is C14H20N2. The summed E-state index contributed by atoms with van der Waals surface area (Å²) in [5.74, 6) is 0. The lowest BCUT2D eigenvalue weighted by atomic mass is 9.63. The van der Waals surface area contributed by atoms with Gasteiger partial charge in [0.15, 0.2) is 0 Å². The van der Waals surface area contributed by atoms with Crippen LogP contribution in [-0.2, 0) is 13.1 Å². The maximum atomic E-state index is 5.66. The van der Waals surface area contributed by atoms with Gasteiger partial charge in [-0.05, 0) is 29.4 Å². The zero-order valence-corrected chi connectivity index (χ0v) is 9.78. The SMILES string of the molecule is NCc1cccc(CN2CC3(CCC3)C2)c1. The second kappa shape index (κ2) is 3.86. The maximum absolute atomic E-state index is 5.66. The number of nitrogens with zero attached hydrogens (tertiary/aromatic N) is 1. The van der Waals surface area contributed by atoms with E-state index in [2.05, 4.69) is 29.2 Å². The Balaban J connectivity index is 1.58. The normalized spacial score (nSPS) is 22.8. The van der Waals surface area contributed by atoms with Gasteiger partial charge >= 0.3 is 0 Å². The van der Waals surface area contributed by atoms with Gasteiger partial charge in [0.25, 0.3) is 0 Å². The van der Waals surface area contributed by atoms with E-state index in [9.17, 15) is 0 Å². The van der Waals surface area contributed by atoms with E-state index < -0.39 is 0 Å². The third-order valence-corrected chi connectivity index (χ3v) is 4.17. The monoisotopic (exact) mass is 216 g/mol. The number of likely N-dealkylation sites (tertiary alicyclic amines) is 1. The fourth-order valence-electron chi connectivity index (χ4n) is 3.12. The van der Waals surface area contributed by atoms with E-state index in [0.29, 0.717) is 6.54 Å². The van der Waals surface area contributed by atoms with Crippen molar-refractivity contribution in [2.45, 2.75) is 32.4 Å². The van der Waals surface area contributed by atoms with Gasteiger partial charge in [-0.25, -0.2) is 0 Å². The second-order valence-electron chi connectivity index (χ2n) is 5.52.